The third kappa shape index (κ3) is 3.68. The summed E-state index contributed by atoms with van der Waals surface area (Å²) >= 11 is 10.0. The Hall–Kier alpha value is -0.840. The molecule has 0 aliphatic carbocycles. The van der Waals surface area contributed by atoms with Crippen molar-refractivity contribution in [1.82, 2.24) is 15.1 Å². The highest BCUT2D eigenvalue weighted by molar-refractivity contribution is 9.10. The maximum Gasteiger partial charge on any atom is 0.0850 e. The van der Waals surface area contributed by atoms with Gasteiger partial charge in [0.25, 0.3) is 0 Å². The number of likely N-dealkylation sites (N-methyl/N-ethyl adjacent to an activating group) is 1. The predicted octanol–water partition coefficient (Wildman–Crippen LogP) is 4.21. The highest BCUT2D eigenvalue weighted by Gasteiger charge is 2.18. The molecule has 0 bridgehead atoms. The second kappa shape index (κ2) is 6.95. The maximum absolute atomic E-state index is 6.46. The van der Waals surface area contributed by atoms with E-state index in [1.54, 1.807) is 0 Å². The average Bonchev–Trinajstić information content (AvgIpc) is 2.70. The molecular formula is C16H21BrClN3. The zero-order chi connectivity index (χ0) is 15.6. The summed E-state index contributed by atoms with van der Waals surface area (Å²) in [5.41, 5.74) is 4.53. The molecule has 0 saturated heterocycles. The number of hydrogen-bond donors (Lipinski definition) is 1. The Labute approximate surface area is 139 Å². The van der Waals surface area contributed by atoms with E-state index in [1.807, 2.05) is 18.8 Å². The first-order chi connectivity index (χ1) is 9.96. The Kier molecular flexibility index (Phi) is 5.47. The van der Waals surface area contributed by atoms with Gasteiger partial charge in [-0.25, -0.2) is 0 Å². The summed E-state index contributed by atoms with van der Waals surface area (Å²) in [6.07, 6.45) is 1.67. The third-order valence-corrected chi connectivity index (χ3v) is 4.61. The van der Waals surface area contributed by atoms with Crippen LogP contribution in [0.5, 0.6) is 0 Å². The van der Waals surface area contributed by atoms with Crippen LogP contribution in [0, 0.1) is 6.92 Å². The van der Waals surface area contributed by atoms with Crippen molar-refractivity contribution in [3.8, 4) is 0 Å². The Morgan fingerprint density at radius 3 is 2.62 bits per heavy atom. The molecule has 3 nitrogen and oxygen atoms in total. The van der Waals surface area contributed by atoms with Crippen LogP contribution in [-0.4, -0.2) is 16.8 Å². The quantitative estimate of drug-likeness (QED) is 0.854. The molecule has 0 aliphatic heterocycles. The van der Waals surface area contributed by atoms with Crippen LogP contribution < -0.4 is 5.32 Å². The van der Waals surface area contributed by atoms with E-state index in [9.17, 15) is 0 Å². The summed E-state index contributed by atoms with van der Waals surface area (Å²) in [4.78, 5) is 0. The van der Waals surface area contributed by atoms with E-state index in [4.69, 9.17) is 11.6 Å². The molecule has 21 heavy (non-hydrogen) atoms. The van der Waals surface area contributed by atoms with Crippen molar-refractivity contribution in [2.24, 2.45) is 7.05 Å². The molecule has 0 fully saturated rings. The molecule has 0 saturated carbocycles. The number of aromatic nitrogens is 2. The molecule has 5 heteroatoms. The molecule has 114 valence electrons. The number of nitrogens with one attached hydrogen (secondary N) is 1. The Balaban J connectivity index is 2.33. The van der Waals surface area contributed by atoms with E-state index in [2.05, 4.69) is 58.4 Å². The van der Waals surface area contributed by atoms with Crippen LogP contribution >= 0.6 is 27.5 Å². The standard InChI is InChI=1S/C16H21BrClN3/c1-5-13-16(18)15(21(4)20-13)9-14(19-3)11-6-10(2)7-12(17)8-11/h6-8,14,19H,5,9H2,1-4H3. The molecule has 0 aliphatic rings. The van der Waals surface area contributed by atoms with Gasteiger partial charge in [-0.2, -0.15) is 5.10 Å². The van der Waals surface area contributed by atoms with Gasteiger partial charge in [0, 0.05) is 24.0 Å². The monoisotopic (exact) mass is 369 g/mol. The van der Waals surface area contributed by atoms with Crippen LogP contribution in [0.2, 0.25) is 5.02 Å². The molecule has 0 amide bonds. The predicted molar refractivity (Wildman–Crippen MR) is 92.0 cm³/mol. The molecule has 2 rings (SSSR count). The van der Waals surface area contributed by atoms with E-state index in [-0.39, 0.29) is 6.04 Å². The van der Waals surface area contributed by atoms with E-state index in [0.717, 1.165) is 33.7 Å². The number of rotatable bonds is 5. The lowest BCUT2D eigenvalue weighted by atomic mass is 10.00. The summed E-state index contributed by atoms with van der Waals surface area (Å²) in [7, 11) is 3.94. The van der Waals surface area contributed by atoms with Gasteiger partial charge in [-0.3, -0.25) is 4.68 Å². The zero-order valence-electron chi connectivity index (χ0n) is 12.9. The maximum atomic E-state index is 6.46. The molecule has 1 unspecified atom stereocenters. The molecule has 2 aromatic rings. The van der Waals surface area contributed by atoms with Gasteiger partial charge in [-0.1, -0.05) is 40.5 Å². The van der Waals surface area contributed by atoms with Gasteiger partial charge in [0.1, 0.15) is 0 Å². The average molecular weight is 371 g/mol. The smallest absolute Gasteiger partial charge is 0.0850 e. The van der Waals surface area contributed by atoms with Gasteiger partial charge in [0.2, 0.25) is 0 Å². The van der Waals surface area contributed by atoms with Gasteiger partial charge in [-0.05, 0) is 43.7 Å². The first kappa shape index (κ1) is 16.5. The fraction of sp³-hybridized carbons (Fsp3) is 0.438. The lowest BCUT2D eigenvalue weighted by molar-refractivity contribution is 0.560. The van der Waals surface area contributed by atoms with Crippen molar-refractivity contribution >= 4 is 27.5 Å². The molecule has 0 radical (unpaired) electrons. The minimum atomic E-state index is 0.207. The summed E-state index contributed by atoms with van der Waals surface area (Å²) in [6.45, 7) is 4.18. The third-order valence-electron chi connectivity index (χ3n) is 3.72. The van der Waals surface area contributed by atoms with Crippen LogP contribution in [0.25, 0.3) is 0 Å². The van der Waals surface area contributed by atoms with E-state index < -0.39 is 0 Å². The normalized spacial score (nSPS) is 12.7. The summed E-state index contributed by atoms with van der Waals surface area (Å²) in [6, 6.07) is 6.68. The number of nitrogens with zero attached hydrogens (tertiary/aromatic N) is 2. The molecule has 1 aromatic heterocycles. The summed E-state index contributed by atoms with van der Waals surface area (Å²) in [5.74, 6) is 0. The number of hydrogen-bond acceptors (Lipinski definition) is 2. The molecule has 1 N–H and O–H groups in total. The Bertz CT molecular complexity index is 616. The van der Waals surface area contributed by atoms with Crippen LogP contribution in [-0.2, 0) is 19.9 Å². The van der Waals surface area contributed by atoms with E-state index >= 15 is 0 Å². The second-order valence-corrected chi connectivity index (χ2v) is 6.59. The van der Waals surface area contributed by atoms with Crippen LogP contribution in [0.4, 0.5) is 0 Å². The summed E-state index contributed by atoms with van der Waals surface area (Å²) < 4.78 is 3.00. The topological polar surface area (TPSA) is 29.9 Å². The highest BCUT2D eigenvalue weighted by atomic mass is 79.9. The van der Waals surface area contributed by atoms with Gasteiger partial charge in [0.15, 0.2) is 0 Å². The Morgan fingerprint density at radius 2 is 2.10 bits per heavy atom. The van der Waals surface area contributed by atoms with Gasteiger partial charge >= 0.3 is 0 Å². The first-order valence-electron chi connectivity index (χ1n) is 7.10. The molecule has 1 aromatic carbocycles. The lowest BCUT2D eigenvalue weighted by Gasteiger charge is -2.18. The van der Waals surface area contributed by atoms with Gasteiger partial charge in [-0.15, -0.1) is 0 Å². The molecular weight excluding hydrogens is 350 g/mol. The summed E-state index contributed by atoms with van der Waals surface area (Å²) in [5, 5.41) is 8.67. The molecule has 1 heterocycles. The van der Waals surface area contributed by atoms with E-state index in [0.29, 0.717) is 0 Å². The van der Waals surface area contributed by atoms with Gasteiger partial charge < -0.3 is 5.32 Å². The van der Waals surface area contributed by atoms with Crippen molar-refractivity contribution in [2.45, 2.75) is 32.7 Å². The van der Waals surface area contributed by atoms with Crippen molar-refractivity contribution in [2.75, 3.05) is 7.05 Å². The van der Waals surface area contributed by atoms with Crippen LogP contribution in [0.3, 0.4) is 0 Å². The van der Waals surface area contributed by atoms with Gasteiger partial charge in [0.05, 0.1) is 16.4 Å². The molecule has 1 atom stereocenters. The van der Waals surface area contributed by atoms with E-state index in [1.165, 1.54) is 11.1 Å². The Morgan fingerprint density at radius 1 is 1.38 bits per heavy atom. The van der Waals surface area contributed by atoms with Crippen molar-refractivity contribution in [3.05, 3.63) is 50.2 Å². The lowest BCUT2D eigenvalue weighted by Crippen LogP contribution is -2.20. The van der Waals surface area contributed by atoms with Crippen LogP contribution in [0.1, 0.15) is 35.5 Å². The largest absolute Gasteiger partial charge is 0.313 e. The zero-order valence-corrected chi connectivity index (χ0v) is 15.2. The van der Waals surface area contributed by atoms with Crippen molar-refractivity contribution in [1.29, 1.82) is 0 Å². The number of halogens is 2. The highest BCUT2D eigenvalue weighted by Crippen LogP contribution is 2.28. The second-order valence-electron chi connectivity index (χ2n) is 5.29. The van der Waals surface area contributed by atoms with Crippen LogP contribution in [0.15, 0.2) is 22.7 Å². The number of aryl methyl sites for hydroxylation is 3. The fourth-order valence-electron chi connectivity index (χ4n) is 2.59. The SMILES string of the molecule is CCc1nn(C)c(CC(NC)c2cc(C)cc(Br)c2)c1Cl. The fourth-order valence-corrected chi connectivity index (χ4v) is 3.58. The first-order valence-corrected chi connectivity index (χ1v) is 8.28. The number of benzene rings is 1. The minimum absolute atomic E-state index is 0.207. The van der Waals surface area contributed by atoms with Crippen molar-refractivity contribution in [3.63, 3.8) is 0 Å². The minimum Gasteiger partial charge on any atom is -0.313 e. The molecule has 0 spiro atoms. The van der Waals surface area contributed by atoms with Crippen molar-refractivity contribution < 1.29 is 0 Å².